The highest BCUT2D eigenvalue weighted by atomic mass is 35.5. The molecular formula is C19H22Cl2N2O. The quantitative estimate of drug-likeness (QED) is 0.810. The Morgan fingerprint density at radius 1 is 1.08 bits per heavy atom. The molecule has 0 saturated carbocycles. The lowest BCUT2D eigenvalue weighted by molar-refractivity contribution is -0.117. The molecule has 0 aliphatic heterocycles. The number of likely N-dealkylation sites (N-methyl/N-ethyl adjacent to an activating group) is 1. The van der Waals surface area contributed by atoms with Gasteiger partial charge in [0.1, 0.15) is 0 Å². The monoisotopic (exact) mass is 364 g/mol. The first-order valence-electron chi connectivity index (χ1n) is 7.77. The van der Waals surface area contributed by atoms with E-state index in [1.807, 2.05) is 24.9 Å². The van der Waals surface area contributed by atoms with Gasteiger partial charge in [-0.1, -0.05) is 53.0 Å². The number of halogens is 2. The number of benzene rings is 2. The Hall–Kier alpha value is -1.55. The lowest BCUT2D eigenvalue weighted by Gasteiger charge is -2.19. The van der Waals surface area contributed by atoms with E-state index in [0.717, 1.165) is 5.56 Å². The van der Waals surface area contributed by atoms with Crippen molar-refractivity contribution in [3.8, 4) is 0 Å². The van der Waals surface area contributed by atoms with Crippen LogP contribution in [0.25, 0.3) is 0 Å². The average Bonchev–Trinajstić information content (AvgIpc) is 2.50. The number of rotatable bonds is 5. The molecule has 0 bridgehead atoms. The molecule has 3 nitrogen and oxygen atoms in total. The zero-order valence-electron chi connectivity index (χ0n) is 14.4. The van der Waals surface area contributed by atoms with Gasteiger partial charge in [0, 0.05) is 6.54 Å². The standard InChI is InChI=1S/C19H22Cl2N2O/c1-12-5-7-15(14(3)9-12)10-23(4)11-17(24)22-19-16(20)8-6-13(2)18(19)21/h5-9H,10-11H2,1-4H3,(H,22,24). The van der Waals surface area contributed by atoms with Gasteiger partial charge in [-0.25, -0.2) is 0 Å². The lowest BCUT2D eigenvalue weighted by atomic mass is 10.1. The summed E-state index contributed by atoms with van der Waals surface area (Å²) in [6, 6.07) is 9.90. The molecule has 2 aromatic carbocycles. The molecular weight excluding hydrogens is 343 g/mol. The number of hydrogen-bond acceptors (Lipinski definition) is 2. The van der Waals surface area contributed by atoms with E-state index in [2.05, 4.69) is 37.4 Å². The SMILES string of the molecule is Cc1ccc(CN(C)CC(=O)Nc2c(Cl)ccc(C)c2Cl)c(C)c1. The molecule has 0 saturated heterocycles. The predicted octanol–water partition coefficient (Wildman–Crippen LogP) is 4.99. The topological polar surface area (TPSA) is 32.3 Å². The molecule has 0 heterocycles. The second-order valence-electron chi connectivity index (χ2n) is 6.20. The van der Waals surface area contributed by atoms with Crippen molar-refractivity contribution < 1.29 is 4.79 Å². The number of carbonyl (C=O) groups excluding carboxylic acids is 1. The van der Waals surface area contributed by atoms with Gasteiger partial charge in [-0.2, -0.15) is 0 Å². The van der Waals surface area contributed by atoms with Gasteiger partial charge in [-0.3, -0.25) is 9.69 Å². The van der Waals surface area contributed by atoms with Gasteiger partial charge in [0.05, 0.1) is 22.3 Å². The zero-order valence-corrected chi connectivity index (χ0v) is 15.9. The molecule has 0 aliphatic carbocycles. The number of nitrogens with one attached hydrogen (secondary N) is 1. The third-order valence-electron chi connectivity index (χ3n) is 3.90. The van der Waals surface area contributed by atoms with Crippen LogP contribution in [0.15, 0.2) is 30.3 Å². The normalized spacial score (nSPS) is 11.0. The predicted molar refractivity (Wildman–Crippen MR) is 102 cm³/mol. The molecule has 0 radical (unpaired) electrons. The van der Waals surface area contributed by atoms with Gasteiger partial charge in [0.2, 0.25) is 5.91 Å². The van der Waals surface area contributed by atoms with Crippen molar-refractivity contribution in [2.75, 3.05) is 18.9 Å². The number of hydrogen-bond donors (Lipinski definition) is 1. The third kappa shape index (κ3) is 4.73. The summed E-state index contributed by atoms with van der Waals surface area (Å²) in [6.45, 7) is 7.00. The average molecular weight is 365 g/mol. The van der Waals surface area contributed by atoms with Gasteiger partial charge >= 0.3 is 0 Å². The third-order valence-corrected chi connectivity index (χ3v) is 4.70. The Bertz CT molecular complexity index is 759. The Morgan fingerprint density at radius 2 is 1.79 bits per heavy atom. The summed E-state index contributed by atoms with van der Waals surface area (Å²) < 4.78 is 0. The molecule has 0 aromatic heterocycles. The van der Waals surface area contributed by atoms with Crippen LogP contribution in [-0.2, 0) is 11.3 Å². The van der Waals surface area contributed by atoms with Crippen LogP contribution in [0.5, 0.6) is 0 Å². The summed E-state index contributed by atoms with van der Waals surface area (Å²) in [7, 11) is 1.92. The second-order valence-corrected chi connectivity index (χ2v) is 6.99. The Morgan fingerprint density at radius 3 is 2.46 bits per heavy atom. The summed E-state index contributed by atoms with van der Waals surface area (Å²) in [4.78, 5) is 14.3. The van der Waals surface area contributed by atoms with Gasteiger partial charge < -0.3 is 5.32 Å². The number of carbonyl (C=O) groups is 1. The number of amides is 1. The molecule has 1 N–H and O–H groups in total. The van der Waals surface area contributed by atoms with Gasteiger partial charge in [-0.15, -0.1) is 0 Å². The van der Waals surface area contributed by atoms with E-state index in [1.165, 1.54) is 16.7 Å². The summed E-state index contributed by atoms with van der Waals surface area (Å²) in [5.41, 5.74) is 5.03. The van der Waals surface area contributed by atoms with Crippen LogP contribution in [0.4, 0.5) is 5.69 Å². The van der Waals surface area contributed by atoms with Crippen LogP contribution in [-0.4, -0.2) is 24.4 Å². The van der Waals surface area contributed by atoms with E-state index in [-0.39, 0.29) is 12.5 Å². The van der Waals surface area contributed by atoms with Crippen molar-refractivity contribution in [2.24, 2.45) is 0 Å². The minimum atomic E-state index is -0.142. The van der Waals surface area contributed by atoms with E-state index in [0.29, 0.717) is 22.3 Å². The minimum absolute atomic E-state index is 0.142. The Labute approximate surface area is 153 Å². The van der Waals surface area contributed by atoms with Crippen LogP contribution in [0, 0.1) is 20.8 Å². The molecule has 5 heteroatoms. The molecule has 24 heavy (non-hydrogen) atoms. The van der Waals surface area contributed by atoms with E-state index < -0.39 is 0 Å². The first-order chi connectivity index (χ1) is 11.3. The smallest absolute Gasteiger partial charge is 0.238 e. The van der Waals surface area contributed by atoms with Crippen LogP contribution >= 0.6 is 23.2 Å². The fourth-order valence-electron chi connectivity index (χ4n) is 2.57. The highest BCUT2D eigenvalue weighted by Crippen LogP contribution is 2.32. The largest absolute Gasteiger partial charge is 0.322 e. The molecule has 0 atom stereocenters. The van der Waals surface area contributed by atoms with Crippen LogP contribution in [0.3, 0.4) is 0 Å². The summed E-state index contributed by atoms with van der Waals surface area (Å²) in [5, 5.41) is 3.74. The number of aryl methyl sites for hydroxylation is 3. The van der Waals surface area contributed by atoms with Crippen molar-refractivity contribution >= 4 is 34.8 Å². The number of anilines is 1. The van der Waals surface area contributed by atoms with Crippen LogP contribution in [0.2, 0.25) is 10.0 Å². The maximum absolute atomic E-state index is 12.3. The first-order valence-corrected chi connectivity index (χ1v) is 8.52. The fraction of sp³-hybridized carbons (Fsp3) is 0.316. The van der Waals surface area contributed by atoms with Crippen molar-refractivity contribution in [1.29, 1.82) is 0 Å². The molecule has 128 valence electrons. The van der Waals surface area contributed by atoms with E-state index in [1.54, 1.807) is 6.07 Å². The molecule has 0 spiro atoms. The number of nitrogens with zero attached hydrogens (tertiary/aromatic N) is 1. The molecule has 1 amide bonds. The minimum Gasteiger partial charge on any atom is -0.322 e. The lowest BCUT2D eigenvalue weighted by Crippen LogP contribution is -2.30. The molecule has 2 aromatic rings. The second kappa shape index (κ2) is 8.02. The highest BCUT2D eigenvalue weighted by Gasteiger charge is 2.14. The van der Waals surface area contributed by atoms with Crippen molar-refractivity contribution in [3.05, 3.63) is 62.6 Å². The van der Waals surface area contributed by atoms with Crippen LogP contribution in [0.1, 0.15) is 22.3 Å². The van der Waals surface area contributed by atoms with Crippen LogP contribution < -0.4 is 5.32 Å². The maximum atomic E-state index is 12.3. The highest BCUT2D eigenvalue weighted by molar-refractivity contribution is 6.40. The maximum Gasteiger partial charge on any atom is 0.238 e. The molecule has 0 aliphatic rings. The van der Waals surface area contributed by atoms with Gasteiger partial charge in [0.25, 0.3) is 0 Å². The molecule has 2 rings (SSSR count). The Kier molecular flexibility index (Phi) is 6.27. The fourth-order valence-corrected chi connectivity index (χ4v) is 3.03. The summed E-state index contributed by atoms with van der Waals surface area (Å²) in [5.74, 6) is -0.142. The Balaban J connectivity index is 2.01. The van der Waals surface area contributed by atoms with Crippen molar-refractivity contribution in [1.82, 2.24) is 4.90 Å². The van der Waals surface area contributed by atoms with Crippen molar-refractivity contribution in [2.45, 2.75) is 27.3 Å². The van der Waals surface area contributed by atoms with E-state index in [9.17, 15) is 4.79 Å². The summed E-state index contributed by atoms with van der Waals surface area (Å²) in [6.07, 6.45) is 0. The first kappa shape index (κ1) is 18.8. The van der Waals surface area contributed by atoms with E-state index in [4.69, 9.17) is 23.2 Å². The van der Waals surface area contributed by atoms with Gasteiger partial charge in [-0.05, 0) is 50.6 Å². The molecule has 0 fully saturated rings. The van der Waals surface area contributed by atoms with Crippen molar-refractivity contribution in [3.63, 3.8) is 0 Å². The van der Waals surface area contributed by atoms with Gasteiger partial charge in [0.15, 0.2) is 0 Å². The van der Waals surface area contributed by atoms with E-state index >= 15 is 0 Å². The summed E-state index contributed by atoms with van der Waals surface area (Å²) >= 11 is 12.4. The zero-order chi connectivity index (χ0) is 17.9. The molecule has 0 unspecified atom stereocenters.